The molecule has 3 aromatic heterocycles. The van der Waals surface area contributed by atoms with Crippen molar-refractivity contribution < 1.29 is 4.74 Å². The fourth-order valence-electron chi connectivity index (χ4n) is 3.37. The second-order valence-corrected chi connectivity index (χ2v) is 6.15. The van der Waals surface area contributed by atoms with Crippen LogP contribution in [0.1, 0.15) is 18.7 Å². The van der Waals surface area contributed by atoms with Gasteiger partial charge in [-0.15, -0.1) is 15.3 Å². The summed E-state index contributed by atoms with van der Waals surface area (Å²) in [6, 6.07) is 3.96. The number of aromatic nitrogens is 6. The number of ether oxygens (including phenoxy) is 1. The first-order chi connectivity index (χ1) is 12.3. The third-order valence-electron chi connectivity index (χ3n) is 4.67. The summed E-state index contributed by atoms with van der Waals surface area (Å²) in [5.74, 6) is 0.772. The van der Waals surface area contributed by atoms with Crippen molar-refractivity contribution in [3.8, 4) is 0 Å². The Balaban J connectivity index is 1.53. The lowest BCUT2D eigenvalue weighted by Crippen LogP contribution is -2.48. The fourth-order valence-corrected chi connectivity index (χ4v) is 3.37. The van der Waals surface area contributed by atoms with Gasteiger partial charge in [-0.05, 0) is 18.7 Å². The molecule has 0 saturated carbocycles. The average molecular weight is 342 g/mol. The van der Waals surface area contributed by atoms with Gasteiger partial charge in [0.1, 0.15) is 12.1 Å². The van der Waals surface area contributed by atoms with E-state index in [0.717, 1.165) is 36.9 Å². The molecule has 0 spiro atoms. The van der Waals surface area contributed by atoms with E-state index in [1.807, 2.05) is 31.7 Å². The maximum atomic E-state index is 6.09. The van der Waals surface area contributed by atoms with Gasteiger partial charge in [-0.2, -0.15) is 4.52 Å². The van der Waals surface area contributed by atoms with Crippen LogP contribution >= 0.6 is 0 Å². The van der Waals surface area contributed by atoms with Crippen LogP contribution in [0.15, 0.2) is 31.0 Å². The molecular weight excluding hydrogens is 320 g/mol. The summed E-state index contributed by atoms with van der Waals surface area (Å²) in [5, 5.41) is 15.7. The normalized spacial score (nSPS) is 21.7. The quantitative estimate of drug-likeness (QED) is 0.731. The van der Waals surface area contributed by atoms with Crippen molar-refractivity contribution in [3.05, 3.63) is 36.7 Å². The zero-order valence-corrected chi connectivity index (χ0v) is 14.4. The number of fused-ring (bicyclic) bond motifs is 1. The number of anilines is 1. The summed E-state index contributed by atoms with van der Waals surface area (Å²) in [6.45, 7) is 5.47. The van der Waals surface area contributed by atoms with Crippen LogP contribution in [0.25, 0.3) is 5.65 Å². The molecule has 1 aliphatic heterocycles. The van der Waals surface area contributed by atoms with Crippen LogP contribution in [-0.4, -0.2) is 66.6 Å². The van der Waals surface area contributed by atoms with Gasteiger partial charge in [-0.1, -0.05) is 6.92 Å². The van der Waals surface area contributed by atoms with Crippen LogP contribution < -0.4 is 5.32 Å². The molecule has 0 aromatic carbocycles. The summed E-state index contributed by atoms with van der Waals surface area (Å²) < 4.78 is 9.81. The number of hydrogen-bond donors (Lipinski definition) is 1. The van der Waals surface area contributed by atoms with Crippen molar-refractivity contribution in [1.82, 2.24) is 34.3 Å². The lowest BCUT2D eigenvalue weighted by molar-refractivity contribution is -0.0661. The lowest BCUT2D eigenvalue weighted by atomic mass is 10.0. The van der Waals surface area contributed by atoms with Gasteiger partial charge in [0.2, 0.25) is 0 Å². The van der Waals surface area contributed by atoms with Crippen molar-refractivity contribution in [2.45, 2.75) is 19.1 Å². The van der Waals surface area contributed by atoms with E-state index in [9.17, 15) is 0 Å². The minimum absolute atomic E-state index is 0.0162. The molecule has 3 aromatic rings. The van der Waals surface area contributed by atoms with Crippen LogP contribution in [-0.2, 0) is 11.8 Å². The Morgan fingerprint density at radius 2 is 2.24 bits per heavy atom. The molecule has 9 heteroatoms. The molecule has 1 saturated heterocycles. The maximum Gasteiger partial charge on any atom is 0.177 e. The minimum atomic E-state index is 0.0162. The highest BCUT2D eigenvalue weighted by atomic mass is 16.5. The van der Waals surface area contributed by atoms with Gasteiger partial charge in [0.05, 0.1) is 30.8 Å². The summed E-state index contributed by atoms with van der Waals surface area (Å²) >= 11 is 0. The number of imidazole rings is 1. The maximum absolute atomic E-state index is 6.09. The number of nitrogens with zero attached hydrogens (tertiary/aromatic N) is 7. The highest BCUT2D eigenvalue weighted by Crippen LogP contribution is 2.29. The van der Waals surface area contributed by atoms with Crippen LogP contribution in [0.2, 0.25) is 0 Å². The number of aryl methyl sites for hydroxylation is 1. The molecular formula is C16H22N8O. The van der Waals surface area contributed by atoms with Crippen molar-refractivity contribution in [3.63, 3.8) is 0 Å². The van der Waals surface area contributed by atoms with E-state index in [1.54, 1.807) is 10.8 Å². The van der Waals surface area contributed by atoms with Crippen LogP contribution in [0, 0.1) is 0 Å². The summed E-state index contributed by atoms with van der Waals surface area (Å²) in [6.07, 6.45) is 5.37. The molecule has 25 heavy (non-hydrogen) atoms. The largest absolute Gasteiger partial charge is 0.373 e. The number of hydrogen-bond acceptors (Lipinski definition) is 7. The Labute approximate surface area is 145 Å². The molecule has 9 nitrogen and oxygen atoms in total. The van der Waals surface area contributed by atoms with E-state index in [2.05, 4.69) is 42.0 Å². The second-order valence-electron chi connectivity index (χ2n) is 6.15. The molecule has 0 radical (unpaired) electrons. The first-order valence-electron chi connectivity index (χ1n) is 8.49. The highest BCUT2D eigenvalue weighted by molar-refractivity contribution is 5.43. The second kappa shape index (κ2) is 6.77. The van der Waals surface area contributed by atoms with Gasteiger partial charge >= 0.3 is 0 Å². The molecule has 1 aliphatic rings. The van der Waals surface area contributed by atoms with Gasteiger partial charge < -0.3 is 14.6 Å². The molecule has 0 bridgehead atoms. The van der Waals surface area contributed by atoms with Gasteiger partial charge in [-0.25, -0.2) is 4.98 Å². The van der Waals surface area contributed by atoms with Gasteiger partial charge in [0.25, 0.3) is 0 Å². The molecule has 2 atom stereocenters. The molecule has 1 N–H and O–H groups in total. The zero-order chi connectivity index (χ0) is 17.2. The van der Waals surface area contributed by atoms with Crippen molar-refractivity contribution in [1.29, 1.82) is 0 Å². The third kappa shape index (κ3) is 3.08. The summed E-state index contributed by atoms with van der Waals surface area (Å²) in [4.78, 5) is 6.71. The van der Waals surface area contributed by atoms with E-state index in [4.69, 9.17) is 4.74 Å². The molecule has 1 fully saturated rings. The van der Waals surface area contributed by atoms with E-state index < -0.39 is 0 Å². The minimum Gasteiger partial charge on any atom is -0.373 e. The Morgan fingerprint density at radius 1 is 1.32 bits per heavy atom. The Bertz CT molecular complexity index is 843. The van der Waals surface area contributed by atoms with E-state index >= 15 is 0 Å². The first kappa shape index (κ1) is 16.0. The van der Waals surface area contributed by atoms with Crippen LogP contribution in [0.5, 0.6) is 0 Å². The predicted molar refractivity (Wildman–Crippen MR) is 92.2 cm³/mol. The van der Waals surface area contributed by atoms with Crippen molar-refractivity contribution in [2.24, 2.45) is 7.05 Å². The highest BCUT2D eigenvalue weighted by Gasteiger charge is 2.34. The Kier molecular flexibility index (Phi) is 4.33. The van der Waals surface area contributed by atoms with E-state index in [1.165, 1.54) is 0 Å². The molecule has 0 unspecified atom stereocenters. The average Bonchev–Trinajstić information content (AvgIpc) is 3.27. The van der Waals surface area contributed by atoms with E-state index in [0.29, 0.717) is 6.54 Å². The Hall–Kier alpha value is -2.52. The van der Waals surface area contributed by atoms with Gasteiger partial charge in [-0.3, -0.25) is 4.90 Å². The number of rotatable bonds is 5. The molecule has 4 rings (SSSR count). The first-order valence-corrected chi connectivity index (χ1v) is 8.49. The fraction of sp³-hybridized carbons (Fsp3) is 0.500. The van der Waals surface area contributed by atoms with Crippen molar-refractivity contribution >= 4 is 11.5 Å². The number of likely N-dealkylation sites (N-methyl/N-ethyl adjacent to an activating group) is 1. The lowest BCUT2D eigenvalue weighted by Gasteiger charge is -2.40. The van der Waals surface area contributed by atoms with E-state index in [-0.39, 0.29) is 12.1 Å². The predicted octanol–water partition coefficient (Wildman–Crippen LogP) is 0.732. The van der Waals surface area contributed by atoms with Crippen LogP contribution in [0.3, 0.4) is 0 Å². The zero-order valence-electron chi connectivity index (χ0n) is 14.4. The summed E-state index contributed by atoms with van der Waals surface area (Å²) in [7, 11) is 2.02. The number of morpholine rings is 1. The van der Waals surface area contributed by atoms with Crippen LogP contribution in [0.4, 0.5) is 5.82 Å². The Morgan fingerprint density at radius 3 is 3.04 bits per heavy atom. The van der Waals surface area contributed by atoms with Gasteiger partial charge in [0, 0.05) is 26.3 Å². The smallest absolute Gasteiger partial charge is 0.177 e. The number of nitrogens with one attached hydrogen (secondary N) is 1. The summed E-state index contributed by atoms with van der Waals surface area (Å²) in [5.41, 5.74) is 1.89. The SMILES string of the molecule is CCN1CCO[C@@H](CNc2ccc3nncn3n2)[C@@H]1c1cncn1C. The topological polar surface area (TPSA) is 85.4 Å². The molecule has 0 amide bonds. The van der Waals surface area contributed by atoms with Crippen molar-refractivity contribution in [2.75, 3.05) is 31.6 Å². The molecule has 0 aliphatic carbocycles. The molecule has 132 valence electrons. The standard InChI is InChI=1S/C16H22N8O/c1-3-23-6-7-25-13(16(23)12-8-17-10-22(12)2)9-18-14-4-5-15-20-19-11-24(15)21-14/h4-5,8,10-11,13,16H,3,6-7,9H2,1-2H3,(H,18,21)/t13-,16-/m0/s1. The third-order valence-corrected chi connectivity index (χ3v) is 4.67. The molecule has 4 heterocycles. The van der Waals surface area contributed by atoms with Gasteiger partial charge in [0.15, 0.2) is 5.65 Å². The monoisotopic (exact) mass is 342 g/mol.